The average molecular weight is 161 g/mol. The van der Waals surface area contributed by atoms with Crippen LogP contribution in [0.3, 0.4) is 0 Å². The molecule has 0 saturated heterocycles. The van der Waals surface area contributed by atoms with Gasteiger partial charge in [0.05, 0.1) is 6.10 Å². The topological polar surface area (TPSA) is 9.23 Å². The Kier molecular flexibility index (Phi) is 2.13. The van der Waals surface area contributed by atoms with Gasteiger partial charge in [0, 0.05) is 6.61 Å². The van der Waals surface area contributed by atoms with E-state index in [2.05, 4.69) is 31.2 Å². The third-order valence-electron chi connectivity index (χ3n) is 2.40. The number of fused-ring (bicyclic) bond motifs is 1. The van der Waals surface area contributed by atoms with Gasteiger partial charge in [-0.25, -0.2) is 0 Å². The van der Waals surface area contributed by atoms with E-state index in [1.165, 1.54) is 11.1 Å². The molecular weight excluding hydrogens is 148 g/mol. The van der Waals surface area contributed by atoms with E-state index in [0.717, 1.165) is 12.8 Å². The van der Waals surface area contributed by atoms with Crippen molar-refractivity contribution in [1.82, 2.24) is 0 Å². The van der Waals surface area contributed by atoms with E-state index in [-0.39, 0.29) is 0 Å². The molecule has 12 heavy (non-hydrogen) atoms. The summed E-state index contributed by atoms with van der Waals surface area (Å²) in [4.78, 5) is 0. The summed E-state index contributed by atoms with van der Waals surface area (Å²) in [6.45, 7) is 4.27. The molecule has 0 heterocycles. The molecule has 0 aromatic heterocycles. The standard InChI is InChI=1S/C11H13O/c1-2-12-11-8-7-9-5-3-4-6-10(9)11/h3-6,11H,1-2,7-8H2. The van der Waals surface area contributed by atoms with Crippen LogP contribution in [0.4, 0.5) is 0 Å². The Hall–Kier alpha value is -0.820. The van der Waals surface area contributed by atoms with E-state index in [0.29, 0.717) is 12.7 Å². The van der Waals surface area contributed by atoms with Crippen LogP contribution < -0.4 is 0 Å². The molecule has 1 aromatic rings. The fourth-order valence-electron chi connectivity index (χ4n) is 1.83. The lowest BCUT2D eigenvalue weighted by atomic mass is 10.1. The number of rotatable bonds is 2. The molecule has 0 fully saturated rings. The summed E-state index contributed by atoms with van der Waals surface area (Å²) in [5.74, 6) is 0. The third-order valence-corrected chi connectivity index (χ3v) is 2.40. The molecule has 2 rings (SSSR count). The van der Waals surface area contributed by atoms with E-state index in [4.69, 9.17) is 4.74 Å². The first-order valence-electron chi connectivity index (χ1n) is 4.40. The second kappa shape index (κ2) is 3.28. The van der Waals surface area contributed by atoms with Crippen molar-refractivity contribution in [1.29, 1.82) is 0 Å². The zero-order valence-electron chi connectivity index (χ0n) is 7.12. The van der Waals surface area contributed by atoms with Crippen LogP contribution in [0.2, 0.25) is 0 Å². The first kappa shape index (κ1) is 7.81. The van der Waals surface area contributed by atoms with Gasteiger partial charge in [0.15, 0.2) is 0 Å². The smallest absolute Gasteiger partial charge is 0.0830 e. The first-order chi connectivity index (χ1) is 5.92. The maximum atomic E-state index is 5.52. The highest BCUT2D eigenvalue weighted by Gasteiger charge is 2.21. The van der Waals surface area contributed by atoms with E-state index in [1.807, 2.05) is 0 Å². The molecule has 0 aliphatic heterocycles. The Morgan fingerprint density at radius 2 is 2.25 bits per heavy atom. The maximum absolute atomic E-state index is 5.52. The van der Waals surface area contributed by atoms with Gasteiger partial charge in [0.1, 0.15) is 0 Å². The highest BCUT2D eigenvalue weighted by Crippen LogP contribution is 2.33. The minimum absolute atomic E-state index is 0.304. The van der Waals surface area contributed by atoms with Gasteiger partial charge >= 0.3 is 0 Å². The van der Waals surface area contributed by atoms with Crippen molar-refractivity contribution in [3.63, 3.8) is 0 Å². The lowest BCUT2D eigenvalue weighted by Gasteiger charge is -2.10. The van der Waals surface area contributed by atoms with Crippen LogP contribution in [0.15, 0.2) is 24.3 Å². The van der Waals surface area contributed by atoms with Crippen LogP contribution in [-0.4, -0.2) is 6.61 Å². The van der Waals surface area contributed by atoms with Gasteiger partial charge < -0.3 is 4.74 Å². The molecule has 0 N–H and O–H groups in total. The summed E-state index contributed by atoms with van der Waals surface area (Å²) in [6.07, 6.45) is 2.58. The zero-order valence-corrected chi connectivity index (χ0v) is 7.12. The minimum Gasteiger partial charge on any atom is -0.374 e. The van der Waals surface area contributed by atoms with Crippen molar-refractivity contribution in [2.75, 3.05) is 6.61 Å². The normalized spacial score (nSPS) is 20.9. The van der Waals surface area contributed by atoms with Crippen LogP contribution in [0.5, 0.6) is 0 Å². The summed E-state index contributed by atoms with van der Waals surface area (Å²) < 4.78 is 5.52. The van der Waals surface area contributed by atoms with Gasteiger partial charge in [-0.05, 0) is 30.9 Å². The van der Waals surface area contributed by atoms with E-state index in [9.17, 15) is 0 Å². The van der Waals surface area contributed by atoms with Gasteiger partial charge in [-0.15, -0.1) is 0 Å². The van der Waals surface area contributed by atoms with Crippen LogP contribution in [0, 0.1) is 6.92 Å². The molecule has 1 radical (unpaired) electrons. The molecule has 0 saturated carbocycles. The monoisotopic (exact) mass is 161 g/mol. The molecular formula is C11H13O. The van der Waals surface area contributed by atoms with Crippen LogP contribution in [0.1, 0.15) is 23.7 Å². The quantitative estimate of drug-likeness (QED) is 0.647. The summed E-state index contributed by atoms with van der Waals surface area (Å²) in [5, 5.41) is 0. The van der Waals surface area contributed by atoms with Crippen molar-refractivity contribution in [3.05, 3.63) is 42.3 Å². The van der Waals surface area contributed by atoms with Crippen LogP contribution in [-0.2, 0) is 11.2 Å². The van der Waals surface area contributed by atoms with Crippen molar-refractivity contribution in [2.45, 2.75) is 18.9 Å². The Morgan fingerprint density at radius 3 is 3.08 bits per heavy atom. The molecule has 1 nitrogen and oxygen atoms in total. The lowest BCUT2D eigenvalue weighted by Crippen LogP contribution is -1.98. The molecule has 1 aromatic carbocycles. The van der Waals surface area contributed by atoms with Crippen molar-refractivity contribution < 1.29 is 4.74 Å². The fraction of sp³-hybridized carbons (Fsp3) is 0.364. The minimum atomic E-state index is 0.304. The summed E-state index contributed by atoms with van der Waals surface area (Å²) in [7, 11) is 0. The van der Waals surface area contributed by atoms with Crippen molar-refractivity contribution in [3.8, 4) is 0 Å². The average Bonchev–Trinajstić information content (AvgIpc) is 2.50. The number of benzene rings is 1. The zero-order chi connectivity index (χ0) is 8.39. The molecule has 1 aliphatic carbocycles. The van der Waals surface area contributed by atoms with E-state index < -0.39 is 0 Å². The summed E-state index contributed by atoms with van der Waals surface area (Å²) in [5.41, 5.74) is 2.80. The highest BCUT2D eigenvalue weighted by molar-refractivity contribution is 5.33. The predicted molar refractivity (Wildman–Crippen MR) is 48.8 cm³/mol. The second-order valence-corrected chi connectivity index (χ2v) is 3.10. The Bertz CT molecular complexity index is 265. The van der Waals surface area contributed by atoms with Crippen molar-refractivity contribution in [2.24, 2.45) is 0 Å². The Labute approximate surface area is 73.4 Å². The second-order valence-electron chi connectivity index (χ2n) is 3.10. The molecule has 0 spiro atoms. The van der Waals surface area contributed by atoms with Gasteiger partial charge in [0.2, 0.25) is 0 Å². The van der Waals surface area contributed by atoms with E-state index in [1.54, 1.807) is 0 Å². The number of aryl methyl sites for hydroxylation is 1. The van der Waals surface area contributed by atoms with Gasteiger partial charge in [-0.2, -0.15) is 0 Å². The summed E-state index contributed by atoms with van der Waals surface area (Å²) in [6, 6.07) is 8.50. The van der Waals surface area contributed by atoms with Crippen LogP contribution >= 0.6 is 0 Å². The number of ether oxygens (including phenoxy) is 1. The molecule has 1 aliphatic rings. The predicted octanol–water partition coefficient (Wildman–Crippen LogP) is 2.52. The Morgan fingerprint density at radius 1 is 1.42 bits per heavy atom. The highest BCUT2D eigenvalue weighted by atomic mass is 16.5. The molecule has 1 heteroatoms. The fourth-order valence-corrected chi connectivity index (χ4v) is 1.83. The molecule has 1 atom stereocenters. The largest absolute Gasteiger partial charge is 0.374 e. The maximum Gasteiger partial charge on any atom is 0.0830 e. The van der Waals surface area contributed by atoms with Crippen LogP contribution in [0.25, 0.3) is 0 Å². The molecule has 63 valence electrons. The van der Waals surface area contributed by atoms with E-state index >= 15 is 0 Å². The summed E-state index contributed by atoms with van der Waals surface area (Å²) >= 11 is 0. The number of hydrogen-bond donors (Lipinski definition) is 0. The SMILES string of the molecule is [CH2]COC1CCc2ccccc21. The first-order valence-corrected chi connectivity index (χ1v) is 4.40. The Balaban J connectivity index is 2.24. The van der Waals surface area contributed by atoms with Gasteiger partial charge in [-0.3, -0.25) is 0 Å². The third kappa shape index (κ3) is 1.25. The number of hydrogen-bond acceptors (Lipinski definition) is 1. The van der Waals surface area contributed by atoms with Gasteiger partial charge in [-0.1, -0.05) is 24.3 Å². The molecule has 0 bridgehead atoms. The molecule has 1 unspecified atom stereocenters. The molecule has 0 amide bonds. The van der Waals surface area contributed by atoms with Crippen molar-refractivity contribution >= 4 is 0 Å². The van der Waals surface area contributed by atoms with Gasteiger partial charge in [0.25, 0.3) is 0 Å². The lowest BCUT2D eigenvalue weighted by molar-refractivity contribution is 0.0745.